The van der Waals surface area contributed by atoms with E-state index < -0.39 is 16.8 Å². The lowest BCUT2D eigenvalue weighted by Crippen LogP contribution is -2.34. The number of hydrogen-bond donors (Lipinski definition) is 3. The van der Waals surface area contributed by atoms with Crippen molar-refractivity contribution < 1.29 is 18.9 Å². The molecule has 3 N–H and O–H groups in total. The summed E-state index contributed by atoms with van der Waals surface area (Å²) in [4.78, 5) is 22.6. The number of carbonyl (C=O) groups is 2. The summed E-state index contributed by atoms with van der Waals surface area (Å²) in [5.41, 5.74) is 0.285. The molecule has 0 saturated carbocycles. The molecular weight excluding hydrogens is 316 g/mol. The first kappa shape index (κ1) is 17.6. The van der Waals surface area contributed by atoms with E-state index in [1.807, 2.05) is 6.92 Å². The van der Waals surface area contributed by atoms with E-state index in [2.05, 4.69) is 10.6 Å². The first-order chi connectivity index (χ1) is 9.81. The van der Waals surface area contributed by atoms with Crippen LogP contribution in [0.15, 0.2) is 18.2 Å². The van der Waals surface area contributed by atoms with E-state index in [0.29, 0.717) is 6.54 Å². The molecule has 8 heteroatoms. The maximum atomic E-state index is 11.7. The maximum absolute atomic E-state index is 11.7. The van der Waals surface area contributed by atoms with Crippen molar-refractivity contribution in [3.63, 3.8) is 0 Å². The van der Waals surface area contributed by atoms with Crippen LogP contribution in [0.2, 0.25) is 5.02 Å². The molecule has 0 bridgehead atoms. The zero-order valence-corrected chi connectivity index (χ0v) is 13.3. The summed E-state index contributed by atoms with van der Waals surface area (Å²) in [5.74, 6) is -1.45. The minimum atomic E-state index is -1.10. The fourth-order valence-electron chi connectivity index (χ4n) is 1.45. The second kappa shape index (κ2) is 8.11. The molecule has 2 unspecified atom stereocenters. The third-order valence-corrected chi connectivity index (χ3v) is 4.40. The molecule has 0 aromatic heterocycles. The van der Waals surface area contributed by atoms with Gasteiger partial charge in [0.05, 0.1) is 22.8 Å². The van der Waals surface area contributed by atoms with Gasteiger partial charge in [0.2, 0.25) is 5.91 Å². The van der Waals surface area contributed by atoms with Crippen LogP contribution in [0, 0.1) is 0 Å². The summed E-state index contributed by atoms with van der Waals surface area (Å²) < 4.78 is 11.2. The summed E-state index contributed by atoms with van der Waals surface area (Å²) >= 11 is 5.90. The van der Waals surface area contributed by atoms with Gasteiger partial charge in [-0.25, -0.2) is 4.79 Å². The normalized spacial score (nSPS) is 13.5. The highest BCUT2D eigenvalue weighted by atomic mass is 35.5. The fraction of sp³-hybridized carbons (Fsp3) is 0.385. The molecule has 116 valence electrons. The molecule has 0 aliphatic heterocycles. The standard InChI is InChI=1S/C13H17ClN2O4S/c1-8(21(2)20)6-15-7-12(17)16-11-5-9(13(18)19)3-4-10(11)14/h3-5,8,15H,6-7H2,1-2H3,(H,16,17)(H,18,19). The van der Waals surface area contributed by atoms with Gasteiger partial charge < -0.3 is 15.7 Å². The van der Waals surface area contributed by atoms with Crippen LogP contribution in [-0.4, -0.2) is 45.8 Å². The van der Waals surface area contributed by atoms with Crippen molar-refractivity contribution in [1.29, 1.82) is 0 Å². The Hall–Kier alpha value is -1.44. The van der Waals surface area contributed by atoms with Gasteiger partial charge in [-0.05, 0) is 25.1 Å². The van der Waals surface area contributed by atoms with Crippen LogP contribution in [0.1, 0.15) is 17.3 Å². The van der Waals surface area contributed by atoms with E-state index in [0.717, 1.165) is 0 Å². The fourth-order valence-corrected chi connectivity index (χ4v) is 1.97. The number of nitrogens with one attached hydrogen (secondary N) is 2. The number of carboxylic acids is 1. The molecule has 0 spiro atoms. The Morgan fingerprint density at radius 3 is 2.67 bits per heavy atom. The van der Waals surface area contributed by atoms with Gasteiger partial charge in [0.1, 0.15) is 0 Å². The first-order valence-corrected chi connectivity index (χ1v) is 8.16. The van der Waals surface area contributed by atoms with Gasteiger partial charge in [-0.1, -0.05) is 11.6 Å². The summed E-state index contributed by atoms with van der Waals surface area (Å²) in [6, 6.07) is 4.07. The number of carboxylic acid groups (broad SMARTS) is 1. The van der Waals surface area contributed by atoms with Gasteiger partial charge in [0.15, 0.2) is 0 Å². The second-order valence-electron chi connectivity index (χ2n) is 4.49. The summed E-state index contributed by atoms with van der Waals surface area (Å²) in [5, 5.41) is 14.5. The molecule has 2 atom stereocenters. The molecule has 21 heavy (non-hydrogen) atoms. The molecule has 0 saturated heterocycles. The Bertz CT molecular complexity index is 565. The number of aromatic carboxylic acids is 1. The van der Waals surface area contributed by atoms with Crippen molar-refractivity contribution in [1.82, 2.24) is 5.32 Å². The van der Waals surface area contributed by atoms with Gasteiger partial charge in [0, 0.05) is 28.9 Å². The Kier molecular flexibility index (Phi) is 6.80. The molecule has 1 amide bonds. The predicted octanol–water partition coefficient (Wildman–Crippen LogP) is 1.33. The lowest BCUT2D eigenvalue weighted by molar-refractivity contribution is -0.115. The zero-order chi connectivity index (χ0) is 16.0. The molecule has 1 rings (SSSR count). The highest BCUT2D eigenvalue weighted by Crippen LogP contribution is 2.22. The number of amides is 1. The maximum Gasteiger partial charge on any atom is 0.335 e. The van der Waals surface area contributed by atoms with Crippen LogP contribution in [-0.2, 0) is 15.6 Å². The number of rotatable bonds is 7. The van der Waals surface area contributed by atoms with Crippen LogP contribution in [0.25, 0.3) is 0 Å². The molecule has 6 nitrogen and oxygen atoms in total. The van der Waals surface area contributed by atoms with Crippen molar-refractivity contribution in [3.8, 4) is 0 Å². The van der Waals surface area contributed by atoms with Crippen LogP contribution >= 0.6 is 11.6 Å². The minimum absolute atomic E-state index is 0.0230. The topological polar surface area (TPSA) is 95.5 Å². The van der Waals surface area contributed by atoms with Gasteiger partial charge in [-0.2, -0.15) is 0 Å². The highest BCUT2D eigenvalue weighted by Gasteiger charge is 2.11. The third kappa shape index (κ3) is 5.82. The molecule has 0 radical (unpaired) electrons. The van der Waals surface area contributed by atoms with Crippen LogP contribution < -0.4 is 10.6 Å². The minimum Gasteiger partial charge on any atom is -0.478 e. The number of carbonyl (C=O) groups excluding carboxylic acids is 1. The molecular formula is C13H17ClN2O4S. The second-order valence-corrected chi connectivity index (χ2v) is 6.70. The van der Waals surface area contributed by atoms with E-state index >= 15 is 0 Å². The molecule has 0 heterocycles. The quantitative estimate of drug-likeness (QED) is 0.700. The Morgan fingerprint density at radius 1 is 1.43 bits per heavy atom. The number of benzene rings is 1. The van der Waals surface area contributed by atoms with E-state index in [4.69, 9.17) is 16.7 Å². The Balaban J connectivity index is 2.57. The molecule has 0 aliphatic rings. The van der Waals surface area contributed by atoms with Gasteiger partial charge in [0.25, 0.3) is 0 Å². The lowest BCUT2D eigenvalue weighted by atomic mass is 10.2. The van der Waals surface area contributed by atoms with Crippen LogP contribution in [0.3, 0.4) is 0 Å². The molecule has 1 aromatic carbocycles. The average molecular weight is 333 g/mol. The van der Waals surface area contributed by atoms with Crippen molar-refractivity contribution in [2.75, 3.05) is 24.7 Å². The largest absolute Gasteiger partial charge is 0.478 e. The van der Waals surface area contributed by atoms with Crippen LogP contribution in [0.5, 0.6) is 0 Å². The first-order valence-electron chi connectivity index (χ1n) is 6.17. The molecule has 0 aliphatic carbocycles. The van der Waals surface area contributed by atoms with Crippen molar-refractivity contribution >= 4 is 40.0 Å². The van der Waals surface area contributed by atoms with E-state index in [-0.39, 0.29) is 34.0 Å². The summed E-state index contributed by atoms with van der Waals surface area (Å²) in [6.45, 7) is 2.28. The van der Waals surface area contributed by atoms with Gasteiger partial charge >= 0.3 is 5.97 Å². The monoisotopic (exact) mass is 332 g/mol. The average Bonchev–Trinajstić information content (AvgIpc) is 2.40. The zero-order valence-electron chi connectivity index (χ0n) is 11.7. The smallest absolute Gasteiger partial charge is 0.335 e. The van der Waals surface area contributed by atoms with E-state index in [1.165, 1.54) is 18.2 Å². The van der Waals surface area contributed by atoms with Crippen LogP contribution in [0.4, 0.5) is 5.69 Å². The lowest BCUT2D eigenvalue weighted by Gasteiger charge is -2.11. The van der Waals surface area contributed by atoms with E-state index in [1.54, 1.807) is 6.26 Å². The third-order valence-electron chi connectivity index (χ3n) is 2.77. The number of anilines is 1. The summed E-state index contributed by atoms with van der Waals surface area (Å²) in [6.07, 6.45) is 1.60. The summed E-state index contributed by atoms with van der Waals surface area (Å²) in [7, 11) is -0.956. The van der Waals surface area contributed by atoms with Crippen molar-refractivity contribution in [2.45, 2.75) is 12.2 Å². The predicted molar refractivity (Wildman–Crippen MR) is 83.4 cm³/mol. The number of hydrogen-bond acceptors (Lipinski definition) is 4. The van der Waals surface area contributed by atoms with Crippen molar-refractivity contribution in [3.05, 3.63) is 28.8 Å². The number of halogens is 1. The molecule has 0 fully saturated rings. The highest BCUT2D eigenvalue weighted by molar-refractivity contribution is 7.84. The Morgan fingerprint density at radius 2 is 2.10 bits per heavy atom. The van der Waals surface area contributed by atoms with Gasteiger partial charge in [-0.15, -0.1) is 0 Å². The molecule has 1 aromatic rings. The van der Waals surface area contributed by atoms with Crippen molar-refractivity contribution in [2.24, 2.45) is 0 Å². The SMILES string of the molecule is CC(CNCC(=O)Nc1cc(C(=O)O)ccc1Cl)S(C)=O. The van der Waals surface area contributed by atoms with Gasteiger partial charge in [-0.3, -0.25) is 9.00 Å². The van der Waals surface area contributed by atoms with E-state index in [9.17, 15) is 13.8 Å². The Labute approximate surface area is 130 Å².